The van der Waals surface area contributed by atoms with Crippen molar-refractivity contribution >= 4 is 66.9 Å². The molecule has 2 aliphatic rings. The van der Waals surface area contributed by atoms with E-state index in [1.807, 2.05) is 0 Å². The predicted octanol–water partition coefficient (Wildman–Crippen LogP) is -1.41. The van der Waals surface area contributed by atoms with Crippen molar-refractivity contribution in [3.8, 4) is 0 Å². The zero-order valence-electron chi connectivity index (χ0n) is 7.26. The molecule has 0 aromatic heterocycles. The Morgan fingerprint density at radius 1 is 0.800 bits per heavy atom. The maximum atomic E-state index is 8.88. The van der Waals surface area contributed by atoms with Gasteiger partial charge >= 0.3 is 66.9 Å². The fourth-order valence-corrected chi connectivity index (χ4v) is 0.289. The van der Waals surface area contributed by atoms with Gasteiger partial charge in [0, 0.05) is 26.4 Å². The van der Waals surface area contributed by atoms with Crippen LogP contribution < -0.4 is 0 Å². The molecule has 6 nitrogen and oxygen atoms in total. The Morgan fingerprint density at radius 2 is 0.867 bits per heavy atom. The molecule has 0 unspecified atom stereocenters. The predicted molar refractivity (Wildman–Crippen MR) is 59.4 cm³/mol. The van der Waals surface area contributed by atoms with Crippen molar-refractivity contribution in [3.05, 3.63) is 0 Å². The van der Waals surface area contributed by atoms with Gasteiger partial charge in [0.1, 0.15) is 0 Å². The van der Waals surface area contributed by atoms with Gasteiger partial charge in [-0.1, -0.05) is 0 Å². The van der Waals surface area contributed by atoms with Crippen molar-refractivity contribution < 1.29 is 28.7 Å². The summed E-state index contributed by atoms with van der Waals surface area (Å²) in [6.07, 6.45) is 2.56. The summed E-state index contributed by atoms with van der Waals surface area (Å²) < 4.78 is 18.3. The van der Waals surface area contributed by atoms with E-state index < -0.39 is 7.82 Å². The third-order valence-electron chi connectivity index (χ3n) is 1.15. The van der Waals surface area contributed by atoms with Crippen molar-refractivity contribution in [2.45, 2.75) is 12.8 Å². The Labute approximate surface area is 134 Å². The molecule has 2 aliphatic heterocycles. The van der Waals surface area contributed by atoms with Gasteiger partial charge in [0.05, 0.1) is 0 Å². The summed E-state index contributed by atoms with van der Waals surface area (Å²) in [7, 11) is -4.64. The molecule has 9 heteroatoms. The summed E-state index contributed by atoms with van der Waals surface area (Å²) in [6.45, 7) is 4.00. The Bertz CT molecular complexity index is 131. The SMILES string of the molecule is C1COC1.C1COC1.O=P(O)(O)O.[NaH].[NaH]. The average molecular weight is 262 g/mol. The van der Waals surface area contributed by atoms with Crippen molar-refractivity contribution in [3.63, 3.8) is 0 Å². The van der Waals surface area contributed by atoms with Crippen LogP contribution in [0.5, 0.6) is 0 Å². The van der Waals surface area contributed by atoms with Crippen LogP contribution in [0.25, 0.3) is 0 Å². The van der Waals surface area contributed by atoms with Crippen LogP contribution in [-0.4, -0.2) is 100 Å². The van der Waals surface area contributed by atoms with Crippen molar-refractivity contribution in [2.75, 3.05) is 26.4 Å². The monoisotopic (exact) mass is 262 g/mol. The van der Waals surface area contributed by atoms with Crippen LogP contribution >= 0.6 is 7.82 Å². The molecule has 3 N–H and O–H groups in total. The van der Waals surface area contributed by atoms with E-state index in [0.717, 1.165) is 26.4 Å². The zero-order valence-corrected chi connectivity index (χ0v) is 8.15. The Morgan fingerprint density at radius 3 is 0.867 bits per heavy atom. The molecule has 15 heavy (non-hydrogen) atoms. The van der Waals surface area contributed by atoms with E-state index in [4.69, 9.17) is 28.7 Å². The molecule has 0 saturated carbocycles. The van der Waals surface area contributed by atoms with Crippen molar-refractivity contribution in [1.82, 2.24) is 0 Å². The summed E-state index contributed by atoms with van der Waals surface area (Å²) in [5.74, 6) is 0. The minimum atomic E-state index is -4.64. The standard InChI is InChI=1S/2C3H6O.2Na.H3O4P.2H/c2*1-2-4-3-1;;;1-5(2,3)4;;/h2*1-3H2;;;(H3,1,2,3,4);;. The number of ether oxygens (including phenoxy) is 2. The van der Waals surface area contributed by atoms with E-state index in [0.29, 0.717) is 0 Å². The molecule has 0 aromatic rings. The van der Waals surface area contributed by atoms with E-state index in [-0.39, 0.29) is 59.1 Å². The maximum absolute atomic E-state index is 8.88. The quantitative estimate of drug-likeness (QED) is 0.366. The van der Waals surface area contributed by atoms with Gasteiger partial charge in [-0.3, -0.25) is 0 Å². The molecule has 0 amide bonds. The van der Waals surface area contributed by atoms with Crippen LogP contribution in [0.2, 0.25) is 0 Å². The molecule has 0 radical (unpaired) electrons. The summed E-state index contributed by atoms with van der Waals surface area (Å²) in [6, 6.07) is 0. The zero-order chi connectivity index (χ0) is 10.2. The van der Waals surface area contributed by atoms with Gasteiger partial charge in [0.2, 0.25) is 0 Å². The second-order valence-electron chi connectivity index (χ2n) is 2.45. The van der Waals surface area contributed by atoms with Crippen molar-refractivity contribution in [2.24, 2.45) is 0 Å². The first-order valence-electron chi connectivity index (χ1n) is 3.94. The second kappa shape index (κ2) is 14.1. The summed E-state index contributed by atoms with van der Waals surface area (Å²) in [5.41, 5.74) is 0. The third kappa shape index (κ3) is 31.4. The van der Waals surface area contributed by atoms with Gasteiger partial charge in [0.15, 0.2) is 0 Å². The Hall–Kier alpha value is 2.03. The summed E-state index contributed by atoms with van der Waals surface area (Å²) >= 11 is 0. The van der Waals surface area contributed by atoms with E-state index in [2.05, 4.69) is 0 Å². The third-order valence-corrected chi connectivity index (χ3v) is 1.15. The molecule has 2 heterocycles. The van der Waals surface area contributed by atoms with Gasteiger partial charge in [0.25, 0.3) is 0 Å². The number of rotatable bonds is 0. The number of hydrogen-bond acceptors (Lipinski definition) is 3. The molecule has 0 aliphatic carbocycles. The fourth-order valence-electron chi connectivity index (χ4n) is 0.289. The summed E-state index contributed by atoms with van der Waals surface area (Å²) in [4.78, 5) is 21.6. The molecule has 0 bridgehead atoms. The molecule has 2 rings (SSSR count). The van der Waals surface area contributed by atoms with Crippen LogP contribution in [-0.2, 0) is 14.0 Å². The number of phosphoric acid groups is 1. The van der Waals surface area contributed by atoms with Gasteiger partial charge in [-0.05, 0) is 12.8 Å². The summed E-state index contributed by atoms with van der Waals surface area (Å²) in [5, 5.41) is 0. The topological polar surface area (TPSA) is 96.2 Å². The van der Waals surface area contributed by atoms with Gasteiger partial charge < -0.3 is 24.2 Å². The molecule has 0 aromatic carbocycles. The van der Waals surface area contributed by atoms with Gasteiger partial charge in [-0.15, -0.1) is 0 Å². The van der Waals surface area contributed by atoms with E-state index >= 15 is 0 Å². The molecule has 84 valence electrons. The molecular weight excluding hydrogens is 245 g/mol. The van der Waals surface area contributed by atoms with Crippen LogP contribution in [0, 0.1) is 0 Å². The molecule has 0 spiro atoms. The van der Waals surface area contributed by atoms with Crippen LogP contribution in [0.3, 0.4) is 0 Å². The molecular formula is C6H17Na2O6P. The first-order chi connectivity index (χ1) is 6.00. The van der Waals surface area contributed by atoms with Crippen LogP contribution in [0.1, 0.15) is 12.8 Å². The first-order valence-corrected chi connectivity index (χ1v) is 5.50. The minimum absolute atomic E-state index is 0. The number of hydrogen-bond donors (Lipinski definition) is 3. The normalized spacial score (nSPS) is 16.7. The van der Waals surface area contributed by atoms with Crippen molar-refractivity contribution in [1.29, 1.82) is 0 Å². The second-order valence-corrected chi connectivity index (χ2v) is 3.47. The molecule has 2 fully saturated rings. The van der Waals surface area contributed by atoms with E-state index in [9.17, 15) is 0 Å². The van der Waals surface area contributed by atoms with E-state index in [1.165, 1.54) is 12.8 Å². The van der Waals surface area contributed by atoms with Crippen LogP contribution in [0.15, 0.2) is 0 Å². The first kappa shape index (κ1) is 22.2. The molecule has 0 atom stereocenters. The average Bonchev–Trinajstić information content (AvgIpc) is 1.41. The van der Waals surface area contributed by atoms with Gasteiger partial charge in [-0.25, -0.2) is 4.57 Å². The fraction of sp³-hybridized carbons (Fsp3) is 1.00. The Balaban J connectivity index is -0.000000135. The van der Waals surface area contributed by atoms with E-state index in [1.54, 1.807) is 0 Å². The molecule has 2 saturated heterocycles. The van der Waals surface area contributed by atoms with Crippen LogP contribution in [0.4, 0.5) is 0 Å². The Kier molecular flexibility index (Phi) is 20.9. The van der Waals surface area contributed by atoms with Gasteiger partial charge in [-0.2, -0.15) is 0 Å².